The predicted molar refractivity (Wildman–Crippen MR) is 197 cm³/mol. The van der Waals surface area contributed by atoms with Crippen LogP contribution in [0.1, 0.15) is 61.4 Å². The summed E-state index contributed by atoms with van der Waals surface area (Å²) < 4.78 is 6.43. The number of allylic oxidation sites excluding steroid dienone is 2. The molecule has 0 radical (unpaired) electrons. The first-order valence-corrected chi connectivity index (χ1v) is 17.2. The molecule has 2 heterocycles. The number of hydrogen-bond acceptors (Lipinski definition) is 4. The number of hydrogen-bond donors (Lipinski definition) is 0. The summed E-state index contributed by atoms with van der Waals surface area (Å²) in [5.74, 6) is 3.29. The lowest BCUT2D eigenvalue weighted by Crippen LogP contribution is -2.16. The molecule has 0 saturated carbocycles. The lowest BCUT2D eigenvalue weighted by Gasteiger charge is -2.22. The molecule has 4 aliphatic rings. The molecule has 4 heteroatoms. The maximum atomic E-state index is 6.43. The van der Waals surface area contributed by atoms with Crippen LogP contribution >= 0.6 is 0 Å². The van der Waals surface area contributed by atoms with E-state index in [0.29, 0.717) is 17.5 Å². The molecule has 0 amide bonds. The largest absolute Gasteiger partial charge is 0.485 e. The highest BCUT2D eigenvalue weighted by molar-refractivity contribution is 5.86. The highest BCUT2D eigenvalue weighted by Gasteiger charge is 2.41. The maximum absolute atomic E-state index is 6.43. The van der Waals surface area contributed by atoms with Crippen molar-refractivity contribution in [2.75, 3.05) is 0 Å². The molecular weight excluding hydrogens is 599 g/mol. The highest BCUT2D eigenvalue weighted by Crippen LogP contribution is 2.54. The average molecular weight is 634 g/mol. The number of rotatable bonds is 3. The van der Waals surface area contributed by atoms with Gasteiger partial charge in [0, 0.05) is 39.0 Å². The summed E-state index contributed by atoms with van der Waals surface area (Å²) >= 11 is 0. The number of aromatic nitrogens is 3. The lowest BCUT2D eigenvalue weighted by molar-refractivity contribution is 0.268. The van der Waals surface area contributed by atoms with Crippen molar-refractivity contribution in [2.45, 2.75) is 50.5 Å². The second kappa shape index (κ2) is 9.96. The number of ether oxygens (including phenoxy) is 1. The van der Waals surface area contributed by atoms with Crippen molar-refractivity contribution < 1.29 is 4.74 Å². The summed E-state index contributed by atoms with van der Waals surface area (Å²) in [6.07, 6.45) is 8.72. The highest BCUT2D eigenvalue weighted by atomic mass is 16.5. The molecule has 0 bridgehead atoms. The van der Waals surface area contributed by atoms with Gasteiger partial charge in [-0.15, -0.1) is 0 Å². The van der Waals surface area contributed by atoms with Gasteiger partial charge >= 0.3 is 0 Å². The minimum atomic E-state index is -0.211. The fourth-order valence-corrected chi connectivity index (χ4v) is 8.60. The maximum Gasteiger partial charge on any atom is 0.164 e. The smallest absolute Gasteiger partial charge is 0.164 e. The van der Waals surface area contributed by atoms with E-state index in [1.165, 1.54) is 50.1 Å². The Labute approximate surface area is 286 Å². The molecule has 5 aromatic carbocycles. The Morgan fingerprint density at radius 2 is 1.04 bits per heavy atom. The van der Waals surface area contributed by atoms with Crippen LogP contribution in [0.25, 0.3) is 56.4 Å². The Morgan fingerprint density at radius 3 is 1.76 bits per heavy atom. The van der Waals surface area contributed by atoms with E-state index >= 15 is 0 Å². The van der Waals surface area contributed by atoms with Crippen LogP contribution in [0.2, 0.25) is 0 Å². The summed E-state index contributed by atoms with van der Waals surface area (Å²) in [4.78, 5) is 15.4. The first-order valence-electron chi connectivity index (χ1n) is 17.2. The first-order chi connectivity index (χ1) is 23.8. The van der Waals surface area contributed by atoms with Gasteiger partial charge in [-0.3, -0.25) is 0 Å². The van der Waals surface area contributed by atoms with E-state index in [9.17, 15) is 0 Å². The predicted octanol–water partition coefficient (Wildman–Crippen LogP) is 10.5. The second-order valence-corrected chi connectivity index (χ2v) is 14.8. The van der Waals surface area contributed by atoms with Gasteiger partial charge in [-0.2, -0.15) is 0 Å². The van der Waals surface area contributed by atoms with Crippen LogP contribution in [0.5, 0.6) is 5.75 Å². The van der Waals surface area contributed by atoms with Crippen molar-refractivity contribution in [1.82, 2.24) is 15.0 Å². The van der Waals surface area contributed by atoms with E-state index in [0.717, 1.165) is 22.4 Å². The molecule has 0 N–H and O–H groups in total. The van der Waals surface area contributed by atoms with Gasteiger partial charge in [-0.1, -0.05) is 125 Å². The van der Waals surface area contributed by atoms with Gasteiger partial charge in [0.1, 0.15) is 11.9 Å². The van der Waals surface area contributed by atoms with Crippen molar-refractivity contribution >= 4 is 0 Å². The zero-order valence-electron chi connectivity index (χ0n) is 28.0. The Balaban J connectivity index is 1.10. The fourth-order valence-electron chi connectivity index (χ4n) is 8.60. The van der Waals surface area contributed by atoms with E-state index in [1.54, 1.807) is 0 Å². The molecule has 1 aliphatic heterocycles. The second-order valence-electron chi connectivity index (χ2n) is 14.8. The molecule has 49 heavy (non-hydrogen) atoms. The third-order valence-electron chi connectivity index (χ3n) is 11.3. The summed E-state index contributed by atoms with van der Waals surface area (Å²) in [7, 11) is 0. The minimum Gasteiger partial charge on any atom is -0.485 e. The van der Waals surface area contributed by atoms with E-state index in [4.69, 9.17) is 19.7 Å². The van der Waals surface area contributed by atoms with E-state index in [2.05, 4.69) is 137 Å². The third kappa shape index (κ3) is 4.07. The van der Waals surface area contributed by atoms with Crippen LogP contribution in [-0.2, 0) is 10.8 Å². The van der Waals surface area contributed by atoms with Gasteiger partial charge in [0.25, 0.3) is 0 Å². The van der Waals surface area contributed by atoms with Crippen molar-refractivity contribution in [3.05, 3.63) is 155 Å². The molecule has 0 spiro atoms. The molecule has 236 valence electrons. The van der Waals surface area contributed by atoms with Gasteiger partial charge in [0.05, 0.1) is 0 Å². The standard InChI is InChI=1S/C45H35N3O/c1-44(2)35-16-10-8-14-29(35)30-20-18-27(22-36(30)44)42-46-41(26-12-6-5-7-13-26)47-43(48-42)28-19-21-31-33-24-34-32-15-9-11-17-39(32)49-40(34)25-38(33)45(3,4)37(31)23-28/h5-25,32,39H,1-4H3. The molecule has 6 aromatic rings. The Kier molecular flexibility index (Phi) is 5.77. The van der Waals surface area contributed by atoms with Crippen molar-refractivity contribution in [1.29, 1.82) is 0 Å². The number of fused-ring (bicyclic) bond motifs is 9. The molecule has 4 nitrogen and oxygen atoms in total. The molecule has 2 unspecified atom stereocenters. The van der Waals surface area contributed by atoms with Gasteiger partial charge in [0.2, 0.25) is 0 Å². The van der Waals surface area contributed by atoms with Gasteiger partial charge in [-0.25, -0.2) is 15.0 Å². The first kappa shape index (κ1) is 28.4. The van der Waals surface area contributed by atoms with Crippen LogP contribution in [0.4, 0.5) is 0 Å². The topological polar surface area (TPSA) is 47.9 Å². The minimum absolute atomic E-state index is 0.0800. The number of nitrogens with zero attached hydrogens (tertiary/aromatic N) is 3. The van der Waals surface area contributed by atoms with Crippen molar-refractivity contribution in [3.63, 3.8) is 0 Å². The molecule has 0 saturated heterocycles. The van der Waals surface area contributed by atoms with Crippen molar-refractivity contribution in [2.24, 2.45) is 0 Å². The van der Waals surface area contributed by atoms with E-state index in [-0.39, 0.29) is 22.9 Å². The SMILES string of the molecule is CC1(C)c2ccccc2-c2ccc(-c3nc(-c4ccccc4)nc(-c4ccc5c(c4)C(C)(C)c4cc6c(cc4-5)C4C=CC=CC4O6)n3)cc21. The normalized spacial score (nSPS) is 19.3. The van der Waals surface area contributed by atoms with Gasteiger partial charge in [-0.05, 0) is 74.8 Å². The Hall–Kier alpha value is -5.61. The van der Waals surface area contributed by atoms with Gasteiger partial charge < -0.3 is 4.74 Å². The summed E-state index contributed by atoms with van der Waals surface area (Å²) in [5.41, 5.74) is 14.3. The van der Waals surface area contributed by atoms with E-state index in [1.807, 2.05) is 18.2 Å². The van der Waals surface area contributed by atoms with E-state index < -0.39 is 0 Å². The molecule has 2 atom stereocenters. The molecular formula is C45H35N3O. The Bertz CT molecular complexity index is 2440. The molecule has 10 rings (SSSR count). The fraction of sp³-hybridized carbons (Fsp3) is 0.178. The zero-order chi connectivity index (χ0) is 33.1. The monoisotopic (exact) mass is 633 g/mol. The summed E-state index contributed by atoms with van der Waals surface area (Å²) in [6.45, 7) is 9.24. The summed E-state index contributed by atoms with van der Waals surface area (Å²) in [6, 6.07) is 37.0. The quantitative estimate of drug-likeness (QED) is 0.195. The van der Waals surface area contributed by atoms with Crippen molar-refractivity contribution in [3.8, 4) is 62.2 Å². The summed E-state index contributed by atoms with van der Waals surface area (Å²) in [5, 5.41) is 0. The van der Waals surface area contributed by atoms with Crippen LogP contribution in [0.3, 0.4) is 0 Å². The van der Waals surface area contributed by atoms with Gasteiger partial charge in [0.15, 0.2) is 17.5 Å². The number of benzene rings is 5. The zero-order valence-corrected chi connectivity index (χ0v) is 28.0. The lowest BCUT2D eigenvalue weighted by atomic mass is 9.81. The third-order valence-corrected chi connectivity index (χ3v) is 11.3. The van der Waals surface area contributed by atoms with Crippen LogP contribution in [-0.4, -0.2) is 21.1 Å². The Morgan fingerprint density at radius 1 is 0.490 bits per heavy atom. The average Bonchev–Trinajstić information content (AvgIpc) is 3.70. The van der Waals surface area contributed by atoms with Crippen LogP contribution in [0, 0.1) is 0 Å². The molecule has 3 aliphatic carbocycles. The van der Waals surface area contributed by atoms with Crippen LogP contribution < -0.4 is 4.74 Å². The molecule has 1 aromatic heterocycles. The molecule has 0 fully saturated rings. The van der Waals surface area contributed by atoms with Crippen LogP contribution in [0.15, 0.2) is 127 Å².